The number of anilines is 1. The smallest absolute Gasteiger partial charge is 0.270 e. The lowest BCUT2D eigenvalue weighted by atomic mass is 10.2. The molecule has 0 radical (unpaired) electrons. The van der Waals surface area contributed by atoms with E-state index in [1.807, 2.05) is 0 Å². The van der Waals surface area contributed by atoms with Crippen LogP contribution in [0.25, 0.3) is 6.08 Å². The van der Waals surface area contributed by atoms with Crippen LogP contribution in [0.4, 0.5) is 11.4 Å². The predicted molar refractivity (Wildman–Crippen MR) is 101 cm³/mol. The van der Waals surface area contributed by atoms with Crippen molar-refractivity contribution in [3.8, 4) is 5.75 Å². The summed E-state index contributed by atoms with van der Waals surface area (Å²) in [7, 11) is 0. The normalized spacial score (nSPS) is 10.4. The molecule has 0 spiro atoms. The average Bonchev–Trinajstić information content (AvgIpc) is 2.63. The van der Waals surface area contributed by atoms with Crippen LogP contribution in [0.5, 0.6) is 5.75 Å². The van der Waals surface area contributed by atoms with E-state index in [0.29, 0.717) is 17.0 Å². The molecule has 0 saturated carbocycles. The van der Waals surface area contributed by atoms with Crippen LogP contribution in [0.15, 0.2) is 54.6 Å². The summed E-state index contributed by atoms with van der Waals surface area (Å²) in [4.78, 5) is 33.1. The van der Waals surface area contributed by atoms with Crippen LogP contribution in [-0.2, 0) is 9.59 Å². The number of nitrogens with one attached hydrogen (secondary N) is 2. The highest BCUT2D eigenvalue weighted by Crippen LogP contribution is 2.17. The fourth-order valence-corrected chi connectivity index (χ4v) is 2.18. The minimum Gasteiger partial charge on any atom is -0.492 e. The first-order valence-corrected chi connectivity index (χ1v) is 8.15. The molecule has 8 heteroatoms. The lowest BCUT2D eigenvalue weighted by molar-refractivity contribution is -0.384. The van der Waals surface area contributed by atoms with Gasteiger partial charge in [-0.05, 0) is 23.8 Å². The molecule has 2 N–H and O–H groups in total. The molecule has 2 aromatic rings. The number of hydrogen-bond acceptors (Lipinski definition) is 5. The van der Waals surface area contributed by atoms with Gasteiger partial charge in [0, 0.05) is 36.9 Å². The third kappa shape index (κ3) is 6.99. The fourth-order valence-electron chi connectivity index (χ4n) is 2.18. The molecule has 140 valence electrons. The standard InChI is InChI=1S/C19H19N3O5/c1-14(23)21-16-5-3-7-18(13-16)27-11-10-20-19(24)9-8-15-4-2-6-17(12-15)22(25)26/h2-9,12-13H,10-11H2,1H3,(H,20,24)(H,21,23)/b9-8+. The molecule has 0 atom stereocenters. The van der Waals surface area contributed by atoms with Crippen LogP contribution < -0.4 is 15.4 Å². The zero-order valence-corrected chi connectivity index (χ0v) is 14.7. The van der Waals surface area contributed by atoms with E-state index in [-0.39, 0.29) is 30.7 Å². The number of amides is 2. The van der Waals surface area contributed by atoms with Crippen LogP contribution in [0, 0.1) is 10.1 Å². The summed E-state index contributed by atoms with van der Waals surface area (Å²) in [5.41, 5.74) is 1.15. The molecule has 0 bridgehead atoms. The molecule has 0 unspecified atom stereocenters. The number of nitro groups is 1. The van der Waals surface area contributed by atoms with Crippen molar-refractivity contribution >= 4 is 29.3 Å². The summed E-state index contributed by atoms with van der Waals surface area (Å²) in [5.74, 6) is 0.0645. The monoisotopic (exact) mass is 369 g/mol. The first-order valence-electron chi connectivity index (χ1n) is 8.15. The molecule has 8 nitrogen and oxygen atoms in total. The second-order valence-electron chi connectivity index (χ2n) is 5.53. The Morgan fingerprint density at radius 1 is 1.19 bits per heavy atom. The number of non-ortho nitro benzene ring substituents is 1. The van der Waals surface area contributed by atoms with Crippen LogP contribution >= 0.6 is 0 Å². The Morgan fingerprint density at radius 3 is 2.70 bits per heavy atom. The summed E-state index contributed by atoms with van der Waals surface area (Å²) >= 11 is 0. The Bertz CT molecular complexity index is 864. The number of carbonyl (C=O) groups is 2. The van der Waals surface area contributed by atoms with Crippen molar-refractivity contribution in [2.45, 2.75) is 6.92 Å². The maximum atomic E-state index is 11.8. The van der Waals surface area contributed by atoms with Gasteiger partial charge in [-0.1, -0.05) is 18.2 Å². The first kappa shape index (κ1) is 19.6. The van der Waals surface area contributed by atoms with E-state index in [9.17, 15) is 19.7 Å². The maximum Gasteiger partial charge on any atom is 0.270 e. The summed E-state index contributed by atoms with van der Waals surface area (Å²) in [6.45, 7) is 1.95. The van der Waals surface area contributed by atoms with Gasteiger partial charge in [0.1, 0.15) is 12.4 Å². The molecule has 2 aromatic carbocycles. The second kappa shape index (κ2) is 9.71. The quantitative estimate of drug-likeness (QED) is 0.322. The third-order valence-electron chi connectivity index (χ3n) is 3.33. The molecular formula is C19H19N3O5. The van der Waals surface area contributed by atoms with E-state index < -0.39 is 4.92 Å². The highest BCUT2D eigenvalue weighted by atomic mass is 16.6. The highest BCUT2D eigenvalue weighted by Gasteiger charge is 2.04. The summed E-state index contributed by atoms with van der Waals surface area (Å²) in [6.07, 6.45) is 2.80. The topological polar surface area (TPSA) is 111 Å². The van der Waals surface area contributed by atoms with Crippen molar-refractivity contribution in [1.82, 2.24) is 5.32 Å². The lowest BCUT2D eigenvalue weighted by Gasteiger charge is -2.08. The van der Waals surface area contributed by atoms with E-state index >= 15 is 0 Å². The van der Waals surface area contributed by atoms with Crippen molar-refractivity contribution in [2.24, 2.45) is 0 Å². The number of rotatable bonds is 8. The SMILES string of the molecule is CC(=O)Nc1cccc(OCCNC(=O)/C=C/c2cccc([N+](=O)[O-])c2)c1. The molecule has 2 rings (SSSR count). The van der Waals surface area contributed by atoms with Gasteiger partial charge in [0.05, 0.1) is 11.5 Å². The van der Waals surface area contributed by atoms with Crippen molar-refractivity contribution in [3.63, 3.8) is 0 Å². The number of carbonyl (C=O) groups excluding carboxylic acids is 2. The molecule has 0 aliphatic rings. The molecule has 0 saturated heterocycles. The number of nitro benzene ring substituents is 1. The minimum absolute atomic E-state index is 0.0348. The van der Waals surface area contributed by atoms with Crippen molar-refractivity contribution in [2.75, 3.05) is 18.5 Å². The molecule has 0 fully saturated rings. The van der Waals surface area contributed by atoms with Gasteiger partial charge in [-0.15, -0.1) is 0 Å². The van der Waals surface area contributed by atoms with Gasteiger partial charge in [-0.2, -0.15) is 0 Å². The minimum atomic E-state index is -0.490. The number of nitrogens with zero attached hydrogens (tertiary/aromatic N) is 1. The number of benzene rings is 2. The van der Waals surface area contributed by atoms with E-state index in [2.05, 4.69) is 10.6 Å². The Hall–Kier alpha value is -3.68. The van der Waals surface area contributed by atoms with Crippen LogP contribution in [-0.4, -0.2) is 29.9 Å². The summed E-state index contributed by atoms with van der Waals surface area (Å²) in [5, 5.41) is 16.0. The van der Waals surface area contributed by atoms with Gasteiger partial charge >= 0.3 is 0 Å². The van der Waals surface area contributed by atoms with Crippen LogP contribution in [0.1, 0.15) is 12.5 Å². The maximum absolute atomic E-state index is 11.8. The Morgan fingerprint density at radius 2 is 1.96 bits per heavy atom. The Kier molecular flexibility index (Phi) is 7.07. The zero-order chi connectivity index (χ0) is 19.6. The van der Waals surface area contributed by atoms with Crippen molar-refractivity contribution in [3.05, 3.63) is 70.3 Å². The first-order chi connectivity index (χ1) is 12.9. The summed E-state index contributed by atoms with van der Waals surface area (Å²) in [6, 6.07) is 12.9. The number of ether oxygens (including phenoxy) is 1. The lowest BCUT2D eigenvalue weighted by Crippen LogP contribution is -2.26. The fraction of sp³-hybridized carbons (Fsp3) is 0.158. The predicted octanol–water partition coefficient (Wildman–Crippen LogP) is 2.76. The number of hydrogen-bond donors (Lipinski definition) is 2. The molecular weight excluding hydrogens is 350 g/mol. The van der Waals surface area contributed by atoms with Crippen molar-refractivity contribution in [1.29, 1.82) is 0 Å². The third-order valence-corrected chi connectivity index (χ3v) is 3.33. The van der Waals surface area contributed by atoms with E-state index in [1.165, 1.54) is 31.2 Å². The molecule has 0 aliphatic heterocycles. The van der Waals surface area contributed by atoms with E-state index in [4.69, 9.17) is 4.74 Å². The molecule has 27 heavy (non-hydrogen) atoms. The van der Waals surface area contributed by atoms with Crippen LogP contribution in [0.3, 0.4) is 0 Å². The van der Waals surface area contributed by atoms with Crippen LogP contribution in [0.2, 0.25) is 0 Å². The van der Waals surface area contributed by atoms with Gasteiger partial charge < -0.3 is 15.4 Å². The second-order valence-corrected chi connectivity index (χ2v) is 5.53. The van der Waals surface area contributed by atoms with E-state index in [1.54, 1.807) is 36.4 Å². The zero-order valence-electron chi connectivity index (χ0n) is 14.7. The van der Waals surface area contributed by atoms with Gasteiger partial charge in [-0.3, -0.25) is 19.7 Å². The molecule has 0 heterocycles. The van der Waals surface area contributed by atoms with Gasteiger partial charge in [-0.25, -0.2) is 0 Å². The molecule has 2 amide bonds. The average molecular weight is 369 g/mol. The Labute approximate surface area is 156 Å². The van der Waals surface area contributed by atoms with Gasteiger partial charge in [0.2, 0.25) is 11.8 Å². The highest BCUT2D eigenvalue weighted by molar-refractivity contribution is 5.91. The Balaban J connectivity index is 1.77. The van der Waals surface area contributed by atoms with Gasteiger partial charge in [0.25, 0.3) is 5.69 Å². The molecule has 0 aromatic heterocycles. The van der Waals surface area contributed by atoms with Crippen molar-refractivity contribution < 1.29 is 19.2 Å². The van der Waals surface area contributed by atoms with Gasteiger partial charge in [0.15, 0.2) is 0 Å². The van der Waals surface area contributed by atoms with E-state index in [0.717, 1.165) is 0 Å². The molecule has 0 aliphatic carbocycles. The largest absolute Gasteiger partial charge is 0.492 e. The summed E-state index contributed by atoms with van der Waals surface area (Å²) < 4.78 is 5.52.